The van der Waals surface area contributed by atoms with Gasteiger partial charge in [0, 0.05) is 11.8 Å². The number of ether oxygens (including phenoxy) is 1. The maximum atomic E-state index is 12.1. The van der Waals surface area contributed by atoms with E-state index in [0.29, 0.717) is 22.8 Å². The summed E-state index contributed by atoms with van der Waals surface area (Å²) in [4.78, 5) is 16.2. The van der Waals surface area contributed by atoms with Crippen LogP contribution >= 0.6 is 0 Å². The number of nitrogens with one attached hydrogen (secondary N) is 1. The predicted molar refractivity (Wildman–Crippen MR) is 74.3 cm³/mol. The number of nitrogen functional groups attached to an aromatic ring is 1. The van der Waals surface area contributed by atoms with E-state index in [1.165, 1.54) is 7.11 Å². The summed E-state index contributed by atoms with van der Waals surface area (Å²) in [6.07, 6.45) is 1.63. The monoisotopic (exact) mass is 257 g/mol. The highest BCUT2D eigenvalue weighted by atomic mass is 16.5. The van der Waals surface area contributed by atoms with E-state index in [1.807, 2.05) is 19.1 Å². The van der Waals surface area contributed by atoms with Gasteiger partial charge in [-0.1, -0.05) is 6.07 Å². The zero-order valence-electron chi connectivity index (χ0n) is 10.8. The Kier molecular flexibility index (Phi) is 3.66. The quantitative estimate of drug-likeness (QED) is 0.827. The molecule has 0 saturated heterocycles. The molecule has 1 aromatic carbocycles. The molecular weight excluding hydrogens is 242 g/mol. The highest BCUT2D eigenvalue weighted by Crippen LogP contribution is 2.22. The van der Waals surface area contributed by atoms with E-state index in [2.05, 4.69) is 10.3 Å². The molecule has 1 amide bonds. The molecule has 0 unspecified atom stereocenters. The number of carbonyl (C=O) groups is 1. The SMILES string of the molecule is COc1cc(C(=O)Nc2ncccc2C)ccc1N. The molecule has 0 atom stereocenters. The van der Waals surface area contributed by atoms with Gasteiger partial charge in [0.25, 0.3) is 5.91 Å². The summed E-state index contributed by atoms with van der Waals surface area (Å²) in [7, 11) is 1.51. The van der Waals surface area contributed by atoms with Crippen molar-refractivity contribution in [2.24, 2.45) is 0 Å². The molecule has 0 aliphatic carbocycles. The fraction of sp³-hybridized carbons (Fsp3) is 0.143. The van der Waals surface area contributed by atoms with Crippen molar-refractivity contribution in [3.8, 4) is 5.75 Å². The Morgan fingerprint density at radius 3 is 2.84 bits per heavy atom. The van der Waals surface area contributed by atoms with Gasteiger partial charge >= 0.3 is 0 Å². The molecule has 5 heteroatoms. The minimum atomic E-state index is -0.250. The van der Waals surface area contributed by atoms with Crippen molar-refractivity contribution in [3.05, 3.63) is 47.7 Å². The third-order valence-electron chi connectivity index (χ3n) is 2.74. The first-order valence-electron chi connectivity index (χ1n) is 5.78. The van der Waals surface area contributed by atoms with Gasteiger partial charge in [0.15, 0.2) is 0 Å². The molecule has 0 spiro atoms. The lowest BCUT2D eigenvalue weighted by Gasteiger charge is -2.09. The number of anilines is 2. The Morgan fingerprint density at radius 2 is 2.16 bits per heavy atom. The molecular formula is C14H15N3O2. The molecule has 0 aliphatic rings. The molecule has 0 aliphatic heterocycles. The second-order valence-corrected chi connectivity index (χ2v) is 4.08. The summed E-state index contributed by atoms with van der Waals surface area (Å²) < 4.78 is 5.09. The van der Waals surface area contributed by atoms with Crippen LogP contribution in [0, 0.1) is 6.92 Å². The first-order valence-corrected chi connectivity index (χ1v) is 5.78. The zero-order valence-corrected chi connectivity index (χ0v) is 10.8. The van der Waals surface area contributed by atoms with Gasteiger partial charge in [0.1, 0.15) is 11.6 Å². The third kappa shape index (κ3) is 2.82. The molecule has 0 bridgehead atoms. The maximum absolute atomic E-state index is 12.1. The topological polar surface area (TPSA) is 77.2 Å². The fourth-order valence-corrected chi connectivity index (χ4v) is 1.65. The highest BCUT2D eigenvalue weighted by molar-refractivity contribution is 6.04. The number of rotatable bonds is 3. The van der Waals surface area contributed by atoms with Crippen molar-refractivity contribution in [1.82, 2.24) is 4.98 Å². The smallest absolute Gasteiger partial charge is 0.256 e. The summed E-state index contributed by atoms with van der Waals surface area (Å²) >= 11 is 0. The van der Waals surface area contributed by atoms with Gasteiger partial charge in [-0.05, 0) is 36.8 Å². The number of nitrogens with zero attached hydrogens (tertiary/aromatic N) is 1. The van der Waals surface area contributed by atoms with Crippen LogP contribution in [0.1, 0.15) is 15.9 Å². The minimum Gasteiger partial charge on any atom is -0.495 e. The molecule has 1 heterocycles. The molecule has 0 radical (unpaired) electrons. The number of aryl methyl sites for hydroxylation is 1. The molecule has 0 saturated carbocycles. The Labute approximate surface area is 111 Å². The van der Waals surface area contributed by atoms with Crippen molar-refractivity contribution in [3.63, 3.8) is 0 Å². The number of aromatic nitrogens is 1. The Bertz CT molecular complexity index is 611. The Morgan fingerprint density at radius 1 is 1.37 bits per heavy atom. The number of carbonyl (C=O) groups excluding carboxylic acids is 1. The largest absolute Gasteiger partial charge is 0.495 e. The van der Waals surface area contributed by atoms with Gasteiger partial charge in [0.2, 0.25) is 0 Å². The van der Waals surface area contributed by atoms with Crippen LogP contribution in [0.15, 0.2) is 36.5 Å². The number of benzene rings is 1. The van der Waals surface area contributed by atoms with E-state index in [9.17, 15) is 4.79 Å². The molecule has 2 aromatic rings. The first kappa shape index (κ1) is 12.9. The fourth-order valence-electron chi connectivity index (χ4n) is 1.65. The van der Waals surface area contributed by atoms with Crippen LogP contribution in [0.5, 0.6) is 5.75 Å². The molecule has 98 valence electrons. The summed E-state index contributed by atoms with van der Waals surface area (Å²) in [5.41, 5.74) is 7.57. The van der Waals surface area contributed by atoms with E-state index < -0.39 is 0 Å². The first-order chi connectivity index (χ1) is 9.11. The van der Waals surface area contributed by atoms with Gasteiger partial charge < -0.3 is 15.8 Å². The standard InChI is InChI=1S/C14H15N3O2/c1-9-4-3-7-16-13(9)17-14(18)10-5-6-11(15)12(8-10)19-2/h3-8H,15H2,1-2H3,(H,16,17,18). The Hall–Kier alpha value is -2.56. The van der Waals surface area contributed by atoms with E-state index in [4.69, 9.17) is 10.5 Å². The van der Waals surface area contributed by atoms with E-state index in [1.54, 1.807) is 24.4 Å². The van der Waals surface area contributed by atoms with E-state index in [0.717, 1.165) is 5.56 Å². The third-order valence-corrected chi connectivity index (χ3v) is 2.74. The molecule has 1 aromatic heterocycles. The van der Waals surface area contributed by atoms with Crippen LogP contribution in [-0.4, -0.2) is 18.0 Å². The van der Waals surface area contributed by atoms with Crippen LogP contribution in [0.3, 0.4) is 0 Å². The second-order valence-electron chi connectivity index (χ2n) is 4.08. The summed E-state index contributed by atoms with van der Waals surface area (Å²) in [5, 5.41) is 2.75. The van der Waals surface area contributed by atoms with Crippen LogP contribution in [0.25, 0.3) is 0 Å². The zero-order chi connectivity index (χ0) is 13.8. The molecule has 19 heavy (non-hydrogen) atoms. The maximum Gasteiger partial charge on any atom is 0.256 e. The van der Waals surface area contributed by atoms with Crippen molar-refractivity contribution >= 4 is 17.4 Å². The van der Waals surface area contributed by atoms with Gasteiger partial charge in [-0.2, -0.15) is 0 Å². The van der Waals surface area contributed by atoms with E-state index >= 15 is 0 Å². The molecule has 3 N–H and O–H groups in total. The number of hydrogen-bond donors (Lipinski definition) is 2. The summed E-state index contributed by atoms with van der Waals surface area (Å²) in [6, 6.07) is 8.58. The lowest BCUT2D eigenvalue weighted by molar-refractivity contribution is 0.102. The minimum absolute atomic E-state index is 0.250. The van der Waals surface area contributed by atoms with E-state index in [-0.39, 0.29) is 5.91 Å². The van der Waals surface area contributed by atoms with Gasteiger partial charge in [-0.15, -0.1) is 0 Å². The number of nitrogens with two attached hydrogens (primary N) is 1. The predicted octanol–water partition coefficient (Wildman–Crippen LogP) is 2.23. The average molecular weight is 257 g/mol. The average Bonchev–Trinajstić information content (AvgIpc) is 2.42. The van der Waals surface area contributed by atoms with Crippen LogP contribution in [0.4, 0.5) is 11.5 Å². The lowest BCUT2D eigenvalue weighted by Crippen LogP contribution is -2.14. The second kappa shape index (κ2) is 5.39. The van der Waals surface area contributed by atoms with Gasteiger partial charge in [0.05, 0.1) is 12.8 Å². The summed E-state index contributed by atoms with van der Waals surface area (Å²) in [6.45, 7) is 1.88. The molecule has 5 nitrogen and oxygen atoms in total. The Balaban J connectivity index is 2.23. The number of amides is 1. The number of pyridine rings is 1. The van der Waals surface area contributed by atoms with Crippen molar-refractivity contribution in [1.29, 1.82) is 0 Å². The van der Waals surface area contributed by atoms with Crippen molar-refractivity contribution < 1.29 is 9.53 Å². The van der Waals surface area contributed by atoms with Gasteiger partial charge in [-0.25, -0.2) is 4.98 Å². The van der Waals surface area contributed by atoms with Crippen molar-refractivity contribution in [2.45, 2.75) is 6.92 Å². The van der Waals surface area contributed by atoms with Crippen LogP contribution < -0.4 is 15.8 Å². The van der Waals surface area contributed by atoms with Gasteiger partial charge in [-0.3, -0.25) is 4.79 Å². The molecule has 2 rings (SSSR count). The molecule has 0 fully saturated rings. The number of methoxy groups -OCH3 is 1. The van der Waals surface area contributed by atoms with Crippen molar-refractivity contribution in [2.75, 3.05) is 18.2 Å². The van der Waals surface area contributed by atoms with Crippen LogP contribution in [-0.2, 0) is 0 Å². The lowest BCUT2D eigenvalue weighted by atomic mass is 10.1. The van der Waals surface area contributed by atoms with Crippen LogP contribution in [0.2, 0.25) is 0 Å². The normalized spacial score (nSPS) is 10.0. The summed E-state index contributed by atoms with van der Waals surface area (Å²) in [5.74, 6) is 0.772. The number of hydrogen-bond acceptors (Lipinski definition) is 4. The highest BCUT2D eigenvalue weighted by Gasteiger charge is 2.10.